The SMILES string of the molecule is CC(C)[C@@H](CO)NC(=O)c1ccncc1F. The van der Waals surface area contributed by atoms with Gasteiger partial charge in [0.1, 0.15) is 0 Å². The predicted octanol–water partition coefficient (Wildman–Crippen LogP) is 0.967. The zero-order valence-electron chi connectivity index (χ0n) is 9.27. The number of aromatic nitrogens is 1. The molecule has 0 aromatic carbocycles. The van der Waals surface area contributed by atoms with Gasteiger partial charge in [0.2, 0.25) is 0 Å². The molecule has 0 aliphatic rings. The third-order valence-corrected chi connectivity index (χ3v) is 2.34. The van der Waals surface area contributed by atoms with Gasteiger partial charge in [-0.25, -0.2) is 4.39 Å². The summed E-state index contributed by atoms with van der Waals surface area (Å²) >= 11 is 0. The highest BCUT2D eigenvalue weighted by Crippen LogP contribution is 2.07. The fourth-order valence-electron chi connectivity index (χ4n) is 1.23. The molecule has 1 aromatic rings. The fourth-order valence-corrected chi connectivity index (χ4v) is 1.23. The van der Waals surface area contributed by atoms with Gasteiger partial charge in [0, 0.05) is 6.20 Å². The monoisotopic (exact) mass is 226 g/mol. The lowest BCUT2D eigenvalue weighted by atomic mass is 10.0. The third kappa shape index (κ3) is 3.00. The van der Waals surface area contributed by atoms with Crippen LogP contribution in [0.4, 0.5) is 4.39 Å². The molecule has 0 saturated heterocycles. The number of amides is 1. The molecule has 5 heteroatoms. The minimum Gasteiger partial charge on any atom is -0.394 e. The van der Waals surface area contributed by atoms with Crippen LogP contribution in [0, 0.1) is 11.7 Å². The largest absolute Gasteiger partial charge is 0.394 e. The molecule has 1 aromatic heterocycles. The van der Waals surface area contributed by atoms with E-state index in [9.17, 15) is 9.18 Å². The molecule has 88 valence electrons. The van der Waals surface area contributed by atoms with E-state index in [0.29, 0.717) is 0 Å². The molecule has 0 radical (unpaired) electrons. The van der Waals surface area contributed by atoms with Crippen molar-refractivity contribution in [2.75, 3.05) is 6.61 Å². The number of carbonyl (C=O) groups is 1. The van der Waals surface area contributed by atoms with Crippen LogP contribution in [0.3, 0.4) is 0 Å². The van der Waals surface area contributed by atoms with E-state index in [1.54, 1.807) is 0 Å². The molecule has 0 bridgehead atoms. The fraction of sp³-hybridized carbons (Fsp3) is 0.455. The van der Waals surface area contributed by atoms with Gasteiger partial charge in [-0.15, -0.1) is 0 Å². The molecular formula is C11H15FN2O2. The number of halogens is 1. The number of rotatable bonds is 4. The normalized spacial score (nSPS) is 12.6. The first kappa shape index (κ1) is 12.6. The Hall–Kier alpha value is -1.49. The Labute approximate surface area is 93.5 Å². The maximum atomic E-state index is 13.2. The van der Waals surface area contributed by atoms with Crippen molar-refractivity contribution < 1.29 is 14.3 Å². The number of nitrogens with one attached hydrogen (secondary N) is 1. The Morgan fingerprint density at radius 2 is 2.31 bits per heavy atom. The maximum Gasteiger partial charge on any atom is 0.254 e. The molecule has 0 fully saturated rings. The summed E-state index contributed by atoms with van der Waals surface area (Å²) in [5, 5.41) is 11.6. The third-order valence-electron chi connectivity index (χ3n) is 2.34. The van der Waals surface area contributed by atoms with Crippen molar-refractivity contribution in [1.29, 1.82) is 0 Å². The number of hydrogen-bond acceptors (Lipinski definition) is 3. The average Bonchev–Trinajstić information content (AvgIpc) is 2.25. The molecule has 0 unspecified atom stereocenters. The molecule has 0 saturated carbocycles. The van der Waals surface area contributed by atoms with E-state index < -0.39 is 11.7 Å². The van der Waals surface area contributed by atoms with Crippen LogP contribution in [0.1, 0.15) is 24.2 Å². The zero-order chi connectivity index (χ0) is 12.1. The van der Waals surface area contributed by atoms with Gasteiger partial charge in [0.05, 0.1) is 24.4 Å². The van der Waals surface area contributed by atoms with E-state index in [4.69, 9.17) is 5.11 Å². The number of aliphatic hydroxyl groups is 1. The molecule has 1 rings (SSSR count). The summed E-state index contributed by atoms with van der Waals surface area (Å²) in [6.45, 7) is 3.56. The van der Waals surface area contributed by atoms with Gasteiger partial charge in [0.25, 0.3) is 5.91 Å². The van der Waals surface area contributed by atoms with Crippen molar-refractivity contribution in [3.8, 4) is 0 Å². The summed E-state index contributed by atoms with van der Waals surface area (Å²) < 4.78 is 13.2. The standard InChI is InChI=1S/C11H15FN2O2/c1-7(2)10(6-15)14-11(16)8-3-4-13-5-9(8)12/h3-5,7,10,15H,6H2,1-2H3,(H,14,16)/t10-/m1/s1. The molecule has 1 amide bonds. The minimum atomic E-state index is -0.666. The van der Waals surface area contributed by atoms with Gasteiger partial charge in [0.15, 0.2) is 5.82 Å². The van der Waals surface area contributed by atoms with Gasteiger partial charge in [-0.3, -0.25) is 9.78 Å². The van der Waals surface area contributed by atoms with Crippen molar-refractivity contribution in [1.82, 2.24) is 10.3 Å². The van der Waals surface area contributed by atoms with Crippen LogP contribution >= 0.6 is 0 Å². The van der Waals surface area contributed by atoms with E-state index in [-0.39, 0.29) is 24.1 Å². The summed E-state index contributed by atoms with van der Waals surface area (Å²) in [6, 6.07) is 0.930. The van der Waals surface area contributed by atoms with Crippen molar-refractivity contribution in [3.05, 3.63) is 29.8 Å². The van der Waals surface area contributed by atoms with Gasteiger partial charge in [-0.1, -0.05) is 13.8 Å². The number of aliphatic hydroxyl groups excluding tert-OH is 1. The number of pyridine rings is 1. The number of carbonyl (C=O) groups excluding carboxylic acids is 1. The second kappa shape index (κ2) is 5.55. The van der Waals surface area contributed by atoms with Crippen molar-refractivity contribution in [3.63, 3.8) is 0 Å². The zero-order valence-corrected chi connectivity index (χ0v) is 9.27. The van der Waals surface area contributed by atoms with Crippen molar-refractivity contribution in [2.24, 2.45) is 5.92 Å². The molecule has 0 aliphatic heterocycles. The van der Waals surface area contributed by atoms with Crippen LogP contribution < -0.4 is 5.32 Å². The second-order valence-electron chi connectivity index (χ2n) is 3.86. The average molecular weight is 226 g/mol. The quantitative estimate of drug-likeness (QED) is 0.804. The van der Waals surface area contributed by atoms with E-state index in [0.717, 1.165) is 6.20 Å². The highest BCUT2D eigenvalue weighted by Gasteiger charge is 2.18. The molecule has 4 nitrogen and oxygen atoms in total. The maximum absolute atomic E-state index is 13.2. The predicted molar refractivity (Wildman–Crippen MR) is 57.4 cm³/mol. The van der Waals surface area contributed by atoms with Crippen LogP contribution in [-0.4, -0.2) is 28.6 Å². The van der Waals surface area contributed by atoms with Crippen LogP contribution in [-0.2, 0) is 0 Å². The molecular weight excluding hydrogens is 211 g/mol. The van der Waals surface area contributed by atoms with Crippen molar-refractivity contribution in [2.45, 2.75) is 19.9 Å². The lowest BCUT2D eigenvalue weighted by Gasteiger charge is -2.19. The summed E-state index contributed by atoms with van der Waals surface area (Å²) in [4.78, 5) is 15.2. The highest BCUT2D eigenvalue weighted by atomic mass is 19.1. The first-order valence-corrected chi connectivity index (χ1v) is 5.07. The van der Waals surface area contributed by atoms with Gasteiger partial charge in [-0.05, 0) is 12.0 Å². The number of nitrogens with zero attached hydrogens (tertiary/aromatic N) is 1. The van der Waals surface area contributed by atoms with E-state index in [2.05, 4.69) is 10.3 Å². The molecule has 1 heterocycles. The Balaban J connectivity index is 2.76. The molecule has 0 spiro atoms. The second-order valence-corrected chi connectivity index (χ2v) is 3.86. The van der Waals surface area contributed by atoms with Gasteiger partial charge < -0.3 is 10.4 Å². The van der Waals surface area contributed by atoms with Crippen LogP contribution in [0.5, 0.6) is 0 Å². The summed E-state index contributed by atoms with van der Waals surface area (Å²) in [7, 11) is 0. The van der Waals surface area contributed by atoms with Crippen LogP contribution in [0.25, 0.3) is 0 Å². The minimum absolute atomic E-state index is 0.0610. The summed E-state index contributed by atoms with van der Waals surface area (Å²) in [5.41, 5.74) is -0.0610. The Bertz CT molecular complexity index is 369. The van der Waals surface area contributed by atoms with Crippen LogP contribution in [0.15, 0.2) is 18.5 Å². The Kier molecular flexibility index (Phi) is 4.37. The Morgan fingerprint density at radius 3 is 2.81 bits per heavy atom. The van der Waals surface area contributed by atoms with Gasteiger partial charge >= 0.3 is 0 Å². The van der Waals surface area contributed by atoms with Gasteiger partial charge in [-0.2, -0.15) is 0 Å². The summed E-state index contributed by atoms with van der Waals surface area (Å²) in [6.07, 6.45) is 2.33. The lowest BCUT2D eigenvalue weighted by Crippen LogP contribution is -2.41. The van der Waals surface area contributed by atoms with E-state index in [1.165, 1.54) is 12.3 Å². The first-order chi connectivity index (χ1) is 7.56. The molecule has 1 atom stereocenters. The number of hydrogen-bond donors (Lipinski definition) is 2. The topological polar surface area (TPSA) is 62.2 Å². The molecule has 2 N–H and O–H groups in total. The first-order valence-electron chi connectivity index (χ1n) is 5.07. The van der Waals surface area contributed by atoms with E-state index >= 15 is 0 Å². The van der Waals surface area contributed by atoms with E-state index in [1.807, 2.05) is 13.8 Å². The lowest BCUT2D eigenvalue weighted by molar-refractivity contribution is 0.0892. The summed E-state index contributed by atoms with van der Waals surface area (Å²) in [5.74, 6) is -1.12. The molecule has 16 heavy (non-hydrogen) atoms. The Morgan fingerprint density at radius 1 is 1.62 bits per heavy atom. The van der Waals surface area contributed by atoms with Crippen LogP contribution in [0.2, 0.25) is 0 Å². The smallest absolute Gasteiger partial charge is 0.254 e. The molecule has 0 aliphatic carbocycles. The van der Waals surface area contributed by atoms with Crippen molar-refractivity contribution >= 4 is 5.91 Å². The highest BCUT2D eigenvalue weighted by molar-refractivity contribution is 5.94.